The second-order valence-corrected chi connectivity index (χ2v) is 8.37. The molecule has 0 aromatic rings. The van der Waals surface area contributed by atoms with Gasteiger partial charge in [0, 0.05) is 30.6 Å². The molecule has 0 heterocycles. The van der Waals surface area contributed by atoms with Crippen molar-refractivity contribution in [2.75, 3.05) is 12.5 Å². The van der Waals surface area contributed by atoms with E-state index in [-0.39, 0.29) is 36.4 Å². The van der Waals surface area contributed by atoms with Crippen molar-refractivity contribution in [1.82, 2.24) is 0 Å². The summed E-state index contributed by atoms with van der Waals surface area (Å²) in [5.74, 6) is 0.157. The van der Waals surface area contributed by atoms with Crippen molar-refractivity contribution in [3.63, 3.8) is 0 Å². The Morgan fingerprint density at radius 1 is 1.26 bits per heavy atom. The molecule has 5 nitrogen and oxygen atoms in total. The molecular weight excluding hydrogens is 368 g/mol. The zero-order chi connectivity index (χ0) is 20.3. The van der Waals surface area contributed by atoms with Crippen LogP contribution in [0.25, 0.3) is 0 Å². The van der Waals surface area contributed by atoms with Crippen molar-refractivity contribution in [3.05, 3.63) is 12.2 Å². The second kappa shape index (κ2) is 12.7. The molecule has 156 valence electrons. The van der Waals surface area contributed by atoms with Gasteiger partial charge in [0.2, 0.25) is 0 Å². The van der Waals surface area contributed by atoms with E-state index in [4.69, 9.17) is 16.7 Å². The maximum atomic E-state index is 12.2. The first kappa shape index (κ1) is 24.3. The molecule has 0 aliphatic heterocycles. The van der Waals surface area contributed by atoms with Gasteiger partial charge in [-0.15, -0.1) is 11.6 Å². The van der Waals surface area contributed by atoms with E-state index in [0.29, 0.717) is 25.1 Å². The predicted octanol–water partition coefficient (Wildman–Crippen LogP) is 3.17. The van der Waals surface area contributed by atoms with Gasteiger partial charge in [-0.05, 0) is 39.0 Å². The molecule has 0 aromatic heterocycles. The average Bonchev–Trinajstić information content (AvgIpc) is 2.89. The molecule has 1 aliphatic rings. The molecule has 1 saturated carbocycles. The first-order valence-corrected chi connectivity index (χ1v) is 10.6. The van der Waals surface area contributed by atoms with E-state index >= 15 is 0 Å². The molecule has 0 spiro atoms. The van der Waals surface area contributed by atoms with Gasteiger partial charge < -0.3 is 15.3 Å². The van der Waals surface area contributed by atoms with Crippen LogP contribution in [-0.2, 0) is 9.59 Å². The van der Waals surface area contributed by atoms with E-state index < -0.39 is 11.7 Å². The minimum absolute atomic E-state index is 0.113. The number of alkyl halides is 1. The van der Waals surface area contributed by atoms with Crippen LogP contribution in [0.4, 0.5) is 0 Å². The van der Waals surface area contributed by atoms with Crippen LogP contribution in [0.5, 0.6) is 0 Å². The summed E-state index contributed by atoms with van der Waals surface area (Å²) in [5, 5.41) is 29.2. The van der Waals surface area contributed by atoms with E-state index in [2.05, 4.69) is 0 Å². The Hall–Kier alpha value is -0.750. The van der Waals surface area contributed by atoms with Crippen LogP contribution in [0, 0.1) is 11.8 Å². The summed E-state index contributed by atoms with van der Waals surface area (Å²) in [6, 6.07) is 0. The van der Waals surface area contributed by atoms with E-state index in [9.17, 15) is 19.8 Å². The largest absolute Gasteiger partial charge is 0.392 e. The Bertz CT molecular complexity index is 489. The van der Waals surface area contributed by atoms with Crippen LogP contribution in [-0.4, -0.2) is 51.1 Å². The molecule has 1 aliphatic carbocycles. The fourth-order valence-electron chi connectivity index (χ4n) is 3.74. The summed E-state index contributed by atoms with van der Waals surface area (Å²) in [4.78, 5) is 23.3. The van der Waals surface area contributed by atoms with E-state index in [1.54, 1.807) is 6.92 Å². The topological polar surface area (TPSA) is 94.8 Å². The van der Waals surface area contributed by atoms with Crippen molar-refractivity contribution < 1.29 is 24.9 Å². The van der Waals surface area contributed by atoms with E-state index in [0.717, 1.165) is 38.5 Å². The first-order valence-electron chi connectivity index (χ1n) is 10.1. The van der Waals surface area contributed by atoms with Gasteiger partial charge in [0.1, 0.15) is 12.4 Å². The minimum atomic E-state index is -0.819. The summed E-state index contributed by atoms with van der Waals surface area (Å²) in [6.07, 6.45) is 9.82. The highest BCUT2D eigenvalue weighted by atomic mass is 35.5. The molecule has 4 atom stereocenters. The fraction of sp³-hybridized carbons (Fsp3) is 0.810. The molecule has 1 rings (SSSR count). The lowest BCUT2D eigenvalue weighted by atomic mass is 9.87. The number of carbonyl (C=O) groups is 2. The van der Waals surface area contributed by atoms with Crippen LogP contribution < -0.4 is 0 Å². The molecule has 3 N–H and O–H groups in total. The lowest BCUT2D eigenvalue weighted by Gasteiger charge is -2.22. The lowest BCUT2D eigenvalue weighted by molar-refractivity contribution is -0.122. The highest BCUT2D eigenvalue weighted by Crippen LogP contribution is 2.34. The summed E-state index contributed by atoms with van der Waals surface area (Å²) in [5.41, 5.74) is -0.819. The Morgan fingerprint density at radius 2 is 1.96 bits per heavy atom. The number of aliphatic hydroxyl groups excluding tert-OH is 2. The quantitative estimate of drug-likeness (QED) is 0.235. The number of aliphatic hydroxyl groups is 3. The number of hydrogen-bond donors (Lipinski definition) is 3. The average molecular weight is 403 g/mol. The summed E-state index contributed by atoms with van der Waals surface area (Å²) in [7, 11) is 0. The highest BCUT2D eigenvalue weighted by Gasteiger charge is 2.39. The standard InChI is InChI=1S/C21H35ClO5/c1-21(27,12-7-13-22)11-6-10-18-17(19(25)14-20(18)26)9-5-3-2-4-8-16(24)15-23/h6,10,17-18,20,23,26-27H,2-5,7-9,11-15H2,1H3/t17-,18-,20-,21?/m1/s1. The second-order valence-electron chi connectivity index (χ2n) is 7.99. The lowest BCUT2D eigenvalue weighted by Crippen LogP contribution is -2.23. The van der Waals surface area contributed by atoms with Gasteiger partial charge in [0.15, 0.2) is 5.78 Å². The fourth-order valence-corrected chi connectivity index (χ4v) is 3.87. The maximum Gasteiger partial charge on any atom is 0.158 e. The van der Waals surface area contributed by atoms with Gasteiger partial charge in [-0.1, -0.05) is 31.4 Å². The normalized spacial score (nSPS) is 25.2. The van der Waals surface area contributed by atoms with Crippen molar-refractivity contribution in [3.8, 4) is 0 Å². The molecule has 0 aromatic carbocycles. The van der Waals surface area contributed by atoms with Crippen LogP contribution in [0.15, 0.2) is 12.2 Å². The molecule has 27 heavy (non-hydrogen) atoms. The molecule has 0 saturated heterocycles. The van der Waals surface area contributed by atoms with Gasteiger partial charge in [0.05, 0.1) is 11.7 Å². The summed E-state index contributed by atoms with van der Waals surface area (Å²) in [6.45, 7) is 1.39. The maximum absolute atomic E-state index is 12.2. The molecule has 0 amide bonds. The minimum Gasteiger partial charge on any atom is -0.392 e. The Kier molecular flexibility index (Phi) is 11.4. The smallest absolute Gasteiger partial charge is 0.158 e. The number of Topliss-reactive ketones (excluding diaryl/α,β-unsaturated/α-hetero) is 2. The van der Waals surface area contributed by atoms with Gasteiger partial charge in [-0.3, -0.25) is 9.59 Å². The molecule has 1 unspecified atom stereocenters. The number of ketones is 2. The van der Waals surface area contributed by atoms with Gasteiger partial charge in [0.25, 0.3) is 0 Å². The number of halogens is 1. The van der Waals surface area contributed by atoms with E-state index in [1.807, 2.05) is 12.2 Å². The third-order valence-corrected chi connectivity index (χ3v) is 5.66. The predicted molar refractivity (Wildman–Crippen MR) is 107 cm³/mol. The molecule has 6 heteroatoms. The zero-order valence-electron chi connectivity index (χ0n) is 16.4. The van der Waals surface area contributed by atoms with Gasteiger partial charge >= 0.3 is 0 Å². The molecule has 1 fully saturated rings. The van der Waals surface area contributed by atoms with E-state index in [1.165, 1.54) is 0 Å². The van der Waals surface area contributed by atoms with Crippen LogP contribution in [0.2, 0.25) is 0 Å². The Labute approximate surface area is 167 Å². The Morgan fingerprint density at radius 3 is 2.63 bits per heavy atom. The summed E-state index contributed by atoms with van der Waals surface area (Å²) < 4.78 is 0. The number of unbranched alkanes of at least 4 members (excludes halogenated alkanes) is 3. The van der Waals surface area contributed by atoms with Crippen molar-refractivity contribution in [2.45, 2.75) is 82.8 Å². The van der Waals surface area contributed by atoms with Crippen molar-refractivity contribution in [2.24, 2.45) is 11.8 Å². The van der Waals surface area contributed by atoms with Crippen molar-refractivity contribution >= 4 is 23.2 Å². The number of carbonyl (C=O) groups excluding carboxylic acids is 2. The highest BCUT2D eigenvalue weighted by molar-refractivity contribution is 6.17. The van der Waals surface area contributed by atoms with Crippen LogP contribution >= 0.6 is 11.6 Å². The molecule has 0 radical (unpaired) electrons. The zero-order valence-corrected chi connectivity index (χ0v) is 17.2. The molecule has 0 bridgehead atoms. The number of rotatable bonds is 14. The third-order valence-electron chi connectivity index (χ3n) is 5.39. The number of hydrogen-bond acceptors (Lipinski definition) is 5. The first-order chi connectivity index (χ1) is 12.8. The van der Waals surface area contributed by atoms with Gasteiger partial charge in [-0.2, -0.15) is 0 Å². The summed E-state index contributed by atoms with van der Waals surface area (Å²) >= 11 is 5.68. The van der Waals surface area contributed by atoms with Crippen molar-refractivity contribution in [1.29, 1.82) is 0 Å². The van der Waals surface area contributed by atoms with Crippen LogP contribution in [0.1, 0.15) is 71.1 Å². The Balaban J connectivity index is 2.42. The van der Waals surface area contributed by atoms with Crippen LogP contribution in [0.3, 0.4) is 0 Å². The molecular formula is C21H35ClO5. The SMILES string of the molecule is CC(O)(CC=C[C@H]1[C@H](O)CC(=O)[C@@H]1CCCCCCC(=O)CO)CCCCl. The monoisotopic (exact) mass is 402 g/mol. The van der Waals surface area contributed by atoms with Gasteiger partial charge in [-0.25, -0.2) is 0 Å². The third kappa shape index (κ3) is 9.33.